The average Bonchev–Trinajstić information content (AvgIpc) is 2.83. The highest BCUT2D eigenvalue weighted by Crippen LogP contribution is 2.43. The predicted molar refractivity (Wildman–Crippen MR) is 42.0 cm³/mol. The Morgan fingerprint density at radius 3 is 2.09 bits per heavy atom. The molecule has 0 amide bonds. The van der Waals surface area contributed by atoms with Gasteiger partial charge < -0.3 is 9.94 Å². The van der Waals surface area contributed by atoms with E-state index in [2.05, 4.69) is 0 Å². The average molecular weight is 153 g/mol. The fraction of sp³-hybridized carbons (Fsp3) is 0.250. The third-order valence-electron chi connectivity index (χ3n) is 1.19. The molecule has 0 spiro atoms. The molecule has 0 saturated heterocycles. The number of nitrogens with one attached hydrogen (secondary N) is 1. The van der Waals surface area contributed by atoms with E-state index in [1.54, 1.807) is 0 Å². The fourth-order valence-corrected chi connectivity index (χ4v) is 0.611. The summed E-state index contributed by atoms with van der Waals surface area (Å²) in [5.74, 6) is 2.06. The van der Waals surface area contributed by atoms with Crippen molar-refractivity contribution in [2.24, 2.45) is 0 Å². The van der Waals surface area contributed by atoms with Gasteiger partial charge in [-0.15, -0.1) is 0 Å². The van der Waals surface area contributed by atoms with Crippen LogP contribution in [0.25, 0.3) is 0 Å². The Morgan fingerprint density at radius 1 is 1.36 bits per heavy atom. The van der Waals surface area contributed by atoms with Crippen molar-refractivity contribution in [3.05, 3.63) is 24.3 Å². The maximum absolute atomic E-state index is 7.62. The van der Waals surface area contributed by atoms with E-state index in [9.17, 15) is 0 Å². The van der Waals surface area contributed by atoms with Gasteiger partial charge in [0.2, 0.25) is 0 Å². The minimum Gasteiger partial charge on any atom is -0.450 e. The fourth-order valence-electron chi connectivity index (χ4n) is 0.611. The smallest absolute Gasteiger partial charge is 0.170 e. The van der Waals surface area contributed by atoms with Crippen LogP contribution in [0, 0.1) is 0 Å². The highest BCUT2D eigenvalue weighted by molar-refractivity contribution is 5.53. The molecule has 1 heterocycles. The van der Waals surface area contributed by atoms with Crippen LogP contribution in [0.4, 0.5) is 0 Å². The molecule has 0 unspecified atom stereocenters. The number of hydrogen-bond donors (Lipinski definition) is 2. The van der Waals surface area contributed by atoms with Gasteiger partial charge in [0.15, 0.2) is 11.5 Å². The van der Waals surface area contributed by atoms with E-state index in [4.69, 9.17) is 9.94 Å². The first-order valence-electron chi connectivity index (χ1n) is 3.52. The van der Waals surface area contributed by atoms with E-state index in [1.165, 1.54) is 0 Å². The SMILES string of the molecule is CCNO.c1ccc2c(c1)O2. The van der Waals surface area contributed by atoms with Gasteiger partial charge in [0.25, 0.3) is 0 Å². The van der Waals surface area contributed by atoms with Crippen molar-refractivity contribution in [2.75, 3.05) is 6.54 Å². The normalized spacial score (nSPS) is 10.4. The zero-order chi connectivity index (χ0) is 8.10. The van der Waals surface area contributed by atoms with Crippen LogP contribution in [-0.2, 0) is 0 Å². The van der Waals surface area contributed by atoms with Crippen LogP contribution in [0.5, 0.6) is 11.5 Å². The van der Waals surface area contributed by atoms with Crippen molar-refractivity contribution in [1.29, 1.82) is 0 Å². The Balaban J connectivity index is 0.000000134. The molecule has 0 radical (unpaired) electrons. The topological polar surface area (TPSA) is 44.8 Å². The number of benzene rings is 1. The molecule has 1 aromatic carbocycles. The Bertz CT molecular complexity index is 202. The molecular weight excluding hydrogens is 142 g/mol. The summed E-state index contributed by atoms with van der Waals surface area (Å²) in [7, 11) is 0. The first-order valence-corrected chi connectivity index (χ1v) is 3.52. The number of rotatable bonds is 1. The monoisotopic (exact) mass is 153 g/mol. The molecule has 0 aromatic heterocycles. The second-order valence-electron chi connectivity index (χ2n) is 2.06. The van der Waals surface area contributed by atoms with Crippen molar-refractivity contribution in [3.63, 3.8) is 0 Å². The van der Waals surface area contributed by atoms with Crippen LogP contribution < -0.4 is 10.2 Å². The van der Waals surface area contributed by atoms with Crippen LogP contribution in [0.2, 0.25) is 0 Å². The van der Waals surface area contributed by atoms with Crippen molar-refractivity contribution >= 4 is 0 Å². The standard InChI is InChI=1S/C6H4O.C2H7NO/c1-2-4-6-5(3-1)7-6;1-2-3-4/h1-4H;3-4H,2H2,1H3. The van der Waals surface area contributed by atoms with Crippen LogP contribution in [0.3, 0.4) is 0 Å². The third kappa shape index (κ3) is 2.57. The molecule has 0 fully saturated rings. The number of hydrogen-bond acceptors (Lipinski definition) is 3. The van der Waals surface area contributed by atoms with Crippen LogP contribution in [0.15, 0.2) is 24.3 Å². The molecule has 1 aliphatic heterocycles. The van der Waals surface area contributed by atoms with Crippen LogP contribution >= 0.6 is 0 Å². The molecule has 3 nitrogen and oxygen atoms in total. The molecule has 0 bridgehead atoms. The lowest BCUT2D eigenvalue weighted by Gasteiger charge is -1.75. The van der Waals surface area contributed by atoms with Gasteiger partial charge in [-0.3, -0.25) is 0 Å². The van der Waals surface area contributed by atoms with E-state index in [-0.39, 0.29) is 0 Å². The number of para-hydroxylation sites is 2. The van der Waals surface area contributed by atoms with Crippen molar-refractivity contribution in [1.82, 2.24) is 5.48 Å². The quantitative estimate of drug-likeness (QED) is 0.485. The molecule has 2 N–H and O–H groups in total. The molecule has 1 aromatic rings. The van der Waals surface area contributed by atoms with E-state index in [0.717, 1.165) is 11.5 Å². The second kappa shape index (κ2) is 3.95. The van der Waals surface area contributed by atoms with Gasteiger partial charge in [0.05, 0.1) is 0 Å². The number of fused-ring (bicyclic) bond motifs is 1. The predicted octanol–water partition coefficient (Wildman–Crippen LogP) is 1.78. The Labute approximate surface area is 65.6 Å². The maximum Gasteiger partial charge on any atom is 0.170 e. The lowest BCUT2D eigenvalue weighted by Crippen LogP contribution is -2.02. The molecule has 0 saturated carbocycles. The summed E-state index contributed by atoms with van der Waals surface area (Å²) < 4.78 is 4.94. The summed E-state index contributed by atoms with van der Waals surface area (Å²) in [5, 5.41) is 7.62. The zero-order valence-electron chi connectivity index (χ0n) is 6.37. The molecule has 2 rings (SSSR count). The highest BCUT2D eigenvalue weighted by Gasteiger charge is 2.15. The Morgan fingerprint density at radius 2 is 1.82 bits per heavy atom. The van der Waals surface area contributed by atoms with E-state index < -0.39 is 0 Å². The summed E-state index contributed by atoms with van der Waals surface area (Å²) in [6, 6.07) is 7.84. The summed E-state index contributed by atoms with van der Waals surface area (Å²) in [4.78, 5) is 0. The Kier molecular flexibility index (Phi) is 2.89. The van der Waals surface area contributed by atoms with Gasteiger partial charge in [-0.1, -0.05) is 19.1 Å². The lowest BCUT2D eigenvalue weighted by atomic mass is 10.4. The Hall–Kier alpha value is -1.06. The third-order valence-corrected chi connectivity index (χ3v) is 1.19. The minimum atomic E-state index is 0.625. The van der Waals surface area contributed by atoms with Gasteiger partial charge in [0.1, 0.15) is 0 Å². The number of ether oxygens (including phenoxy) is 1. The molecule has 60 valence electrons. The van der Waals surface area contributed by atoms with E-state index in [1.807, 2.05) is 36.7 Å². The van der Waals surface area contributed by atoms with Gasteiger partial charge in [0, 0.05) is 6.54 Å². The first kappa shape index (κ1) is 8.04. The van der Waals surface area contributed by atoms with Gasteiger partial charge in [-0.25, -0.2) is 5.48 Å². The molecule has 0 aliphatic carbocycles. The summed E-state index contributed by atoms with van der Waals surface area (Å²) in [6.07, 6.45) is 0. The summed E-state index contributed by atoms with van der Waals surface area (Å²) >= 11 is 0. The first-order chi connectivity index (χ1) is 5.38. The zero-order valence-corrected chi connectivity index (χ0v) is 6.37. The molecular formula is C8H11NO2. The van der Waals surface area contributed by atoms with Gasteiger partial charge in [-0.05, 0) is 12.1 Å². The number of hydroxylamine groups is 1. The molecule has 0 atom stereocenters. The highest BCUT2D eigenvalue weighted by atomic mass is 16.6. The maximum atomic E-state index is 7.62. The second-order valence-corrected chi connectivity index (χ2v) is 2.06. The summed E-state index contributed by atoms with van der Waals surface area (Å²) in [5.41, 5.74) is 1.93. The largest absolute Gasteiger partial charge is 0.450 e. The van der Waals surface area contributed by atoms with E-state index >= 15 is 0 Å². The lowest BCUT2D eigenvalue weighted by molar-refractivity contribution is 0.173. The molecule has 3 heteroatoms. The van der Waals surface area contributed by atoms with Crippen molar-refractivity contribution in [2.45, 2.75) is 6.92 Å². The van der Waals surface area contributed by atoms with Crippen LogP contribution in [0.1, 0.15) is 6.92 Å². The molecule has 11 heavy (non-hydrogen) atoms. The van der Waals surface area contributed by atoms with Gasteiger partial charge in [-0.2, -0.15) is 0 Å². The molecule has 1 aliphatic rings. The van der Waals surface area contributed by atoms with Crippen molar-refractivity contribution < 1.29 is 9.94 Å². The van der Waals surface area contributed by atoms with E-state index in [0.29, 0.717) is 6.54 Å². The minimum absolute atomic E-state index is 0.625. The van der Waals surface area contributed by atoms with Gasteiger partial charge >= 0.3 is 0 Å². The van der Waals surface area contributed by atoms with Crippen molar-refractivity contribution in [3.8, 4) is 11.5 Å². The summed E-state index contributed by atoms with van der Waals surface area (Å²) in [6.45, 7) is 2.44. The van der Waals surface area contributed by atoms with Crippen LogP contribution in [-0.4, -0.2) is 11.8 Å².